The third-order valence-corrected chi connectivity index (χ3v) is 2.91. The van der Waals surface area contributed by atoms with Gasteiger partial charge in [0, 0.05) is 19.1 Å². The second-order valence-corrected chi connectivity index (χ2v) is 4.07. The van der Waals surface area contributed by atoms with Crippen molar-refractivity contribution in [3.8, 4) is 0 Å². The second kappa shape index (κ2) is 6.48. The Balaban J connectivity index is 2.58. The fraction of sp³-hybridized carbons (Fsp3) is 0.615. The zero-order valence-corrected chi connectivity index (χ0v) is 10.2. The Morgan fingerprint density at radius 3 is 2.75 bits per heavy atom. The molecule has 16 heavy (non-hydrogen) atoms. The molecule has 90 valence electrons. The minimum absolute atomic E-state index is 0.0865. The maximum absolute atomic E-state index is 11.0. The Labute approximate surface area is 97.1 Å². The first-order valence-electron chi connectivity index (χ1n) is 5.67. The molecule has 1 aliphatic carbocycles. The Morgan fingerprint density at radius 1 is 1.50 bits per heavy atom. The highest BCUT2D eigenvalue weighted by molar-refractivity contribution is 5.81. The van der Waals surface area contributed by atoms with Crippen molar-refractivity contribution in [2.75, 3.05) is 14.2 Å². The molecule has 0 aromatic rings. The van der Waals surface area contributed by atoms with Crippen LogP contribution in [-0.2, 0) is 14.3 Å². The number of hydrogen-bond acceptors (Lipinski definition) is 3. The number of rotatable bonds is 5. The summed E-state index contributed by atoms with van der Waals surface area (Å²) in [6, 6.07) is 0. The minimum Gasteiger partial charge on any atom is -0.466 e. The van der Waals surface area contributed by atoms with Crippen LogP contribution in [0.25, 0.3) is 0 Å². The molecule has 0 amide bonds. The quantitative estimate of drug-likeness (QED) is 0.409. The number of hydrogen-bond donors (Lipinski definition) is 0. The average Bonchev–Trinajstić information content (AvgIpc) is 2.80. The molecule has 1 rings (SSSR count). The molecule has 0 saturated heterocycles. The molecule has 0 heterocycles. The lowest BCUT2D eigenvalue weighted by molar-refractivity contribution is -0.134. The SMILES string of the molecule is COC(=O)/C=C/[C@@H](C)[C@@H](OC)C1=CCCC1. The molecular weight excluding hydrogens is 204 g/mol. The Kier molecular flexibility index (Phi) is 5.26. The van der Waals surface area contributed by atoms with E-state index in [0.29, 0.717) is 0 Å². The monoisotopic (exact) mass is 224 g/mol. The third kappa shape index (κ3) is 3.49. The highest BCUT2D eigenvalue weighted by atomic mass is 16.5. The van der Waals surface area contributed by atoms with E-state index in [2.05, 4.69) is 10.8 Å². The van der Waals surface area contributed by atoms with Crippen molar-refractivity contribution in [3.05, 3.63) is 23.8 Å². The van der Waals surface area contributed by atoms with Crippen LogP contribution in [0.1, 0.15) is 26.2 Å². The van der Waals surface area contributed by atoms with Gasteiger partial charge in [0.1, 0.15) is 0 Å². The summed E-state index contributed by atoms with van der Waals surface area (Å²) >= 11 is 0. The number of esters is 1. The standard InChI is InChI=1S/C13H20O3/c1-10(8-9-12(14)15-2)13(16-3)11-6-4-5-7-11/h6,8-10,13H,4-5,7H2,1-3H3/b9-8+/t10-,13-/m1/s1. The van der Waals surface area contributed by atoms with E-state index >= 15 is 0 Å². The van der Waals surface area contributed by atoms with Gasteiger partial charge in [-0.2, -0.15) is 0 Å². The lowest BCUT2D eigenvalue weighted by atomic mass is 9.96. The Morgan fingerprint density at radius 2 is 2.25 bits per heavy atom. The topological polar surface area (TPSA) is 35.5 Å². The van der Waals surface area contributed by atoms with Crippen LogP contribution in [0.3, 0.4) is 0 Å². The fourth-order valence-corrected chi connectivity index (χ4v) is 2.06. The van der Waals surface area contributed by atoms with Gasteiger partial charge in [0.15, 0.2) is 0 Å². The fourth-order valence-electron chi connectivity index (χ4n) is 2.06. The van der Waals surface area contributed by atoms with E-state index in [1.165, 1.54) is 25.2 Å². The van der Waals surface area contributed by atoms with Gasteiger partial charge in [-0.25, -0.2) is 4.79 Å². The van der Waals surface area contributed by atoms with Crippen molar-refractivity contribution < 1.29 is 14.3 Å². The second-order valence-electron chi connectivity index (χ2n) is 4.07. The first-order chi connectivity index (χ1) is 7.69. The van der Waals surface area contributed by atoms with Crippen LogP contribution in [0.4, 0.5) is 0 Å². The van der Waals surface area contributed by atoms with Gasteiger partial charge in [0.25, 0.3) is 0 Å². The van der Waals surface area contributed by atoms with E-state index in [4.69, 9.17) is 4.74 Å². The van der Waals surface area contributed by atoms with Crippen LogP contribution >= 0.6 is 0 Å². The molecule has 0 bridgehead atoms. The summed E-state index contributed by atoms with van der Waals surface area (Å²) in [4.78, 5) is 11.0. The highest BCUT2D eigenvalue weighted by Crippen LogP contribution is 2.27. The summed E-state index contributed by atoms with van der Waals surface area (Å²) in [7, 11) is 3.09. The molecule has 0 fully saturated rings. The number of carbonyl (C=O) groups is 1. The van der Waals surface area contributed by atoms with Crippen molar-refractivity contribution in [1.29, 1.82) is 0 Å². The average molecular weight is 224 g/mol. The normalized spacial score (nSPS) is 19.6. The molecule has 1 aliphatic rings. The van der Waals surface area contributed by atoms with Crippen molar-refractivity contribution in [3.63, 3.8) is 0 Å². The van der Waals surface area contributed by atoms with E-state index < -0.39 is 0 Å². The number of methoxy groups -OCH3 is 2. The summed E-state index contributed by atoms with van der Waals surface area (Å²) in [5.41, 5.74) is 1.35. The molecule has 0 aromatic carbocycles. The highest BCUT2D eigenvalue weighted by Gasteiger charge is 2.21. The molecule has 0 saturated carbocycles. The zero-order valence-electron chi connectivity index (χ0n) is 10.2. The molecule has 2 atom stereocenters. The molecular formula is C13H20O3. The van der Waals surface area contributed by atoms with Crippen LogP contribution in [0.5, 0.6) is 0 Å². The Bertz CT molecular complexity index is 292. The molecule has 0 aromatic heterocycles. The van der Waals surface area contributed by atoms with Gasteiger partial charge in [0.05, 0.1) is 13.2 Å². The molecule has 3 nitrogen and oxygen atoms in total. The largest absolute Gasteiger partial charge is 0.466 e. The smallest absolute Gasteiger partial charge is 0.330 e. The van der Waals surface area contributed by atoms with Gasteiger partial charge >= 0.3 is 5.97 Å². The molecule has 0 radical (unpaired) electrons. The first kappa shape index (κ1) is 13.0. The summed E-state index contributed by atoms with van der Waals surface area (Å²) in [6.07, 6.45) is 9.10. The number of carbonyl (C=O) groups excluding carboxylic acids is 1. The van der Waals surface area contributed by atoms with E-state index in [-0.39, 0.29) is 18.0 Å². The van der Waals surface area contributed by atoms with Crippen molar-refractivity contribution in [1.82, 2.24) is 0 Å². The summed E-state index contributed by atoms with van der Waals surface area (Å²) < 4.78 is 10.0. The predicted molar refractivity (Wildman–Crippen MR) is 63.1 cm³/mol. The van der Waals surface area contributed by atoms with Gasteiger partial charge in [-0.05, 0) is 24.8 Å². The Hall–Kier alpha value is -1.09. The lowest BCUT2D eigenvalue weighted by Gasteiger charge is -2.21. The number of ether oxygens (including phenoxy) is 2. The zero-order chi connectivity index (χ0) is 12.0. The van der Waals surface area contributed by atoms with Crippen molar-refractivity contribution >= 4 is 5.97 Å². The van der Waals surface area contributed by atoms with E-state index in [1.54, 1.807) is 7.11 Å². The maximum atomic E-state index is 11.0. The van der Waals surface area contributed by atoms with Crippen LogP contribution < -0.4 is 0 Å². The van der Waals surface area contributed by atoms with Gasteiger partial charge < -0.3 is 9.47 Å². The minimum atomic E-state index is -0.317. The predicted octanol–water partition coefficient (Wildman–Crippen LogP) is 2.48. The van der Waals surface area contributed by atoms with E-state index in [0.717, 1.165) is 12.8 Å². The third-order valence-electron chi connectivity index (χ3n) is 2.91. The van der Waals surface area contributed by atoms with Gasteiger partial charge in [-0.3, -0.25) is 0 Å². The van der Waals surface area contributed by atoms with Crippen LogP contribution in [-0.4, -0.2) is 26.3 Å². The van der Waals surface area contributed by atoms with Crippen molar-refractivity contribution in [2.24, 2.45) is 5.92 Å². The molecule has 0 unspecified atom stereocenters. The van der Waals surface area contributed by atoms with Crippen molar-refractivity contribution in [2.45, 2.75) is 32.3 Å². The van der Waals surface area contributed by atoms with E-state index in [9.17, 15) is 4.79 Å². The molecule has 0 N–H and O–H groups in total. The van der Waals surface area contributed by atoms with E-state index in [1.807, 2.05) is 13.0 Å². The summed E-state index contributed by atoms with van der Waals surface area (Å²) in [5, 5.41) is 0. The lowest BCUT2D eigenvalue weighted by Crippen LogP contribution is -2.21. The van der Waals surface area contributed by atoms with Gasteiger partial charge in [-0.15, -0.1) is 0 Å². The van der Waals surface area contributed by atoms with Crippen LogP contribution in [0.15, 0.2) is 23.8 Å². The maximum Gasteiger partial charge on any atom is 0.330 e. The number of allylic oxidation sites excluding steroid dienone is 1. The summed E-state index contributed by atoms with van der Waals surface area (Å²) in [5.74, 6) is -0.129. The van der Waals surface area contributed by atoms with Gasteiger partial charge in [0.2, 0.25) is 0 Å². The molecule has 3 heteroatoms. The van der Waals surface area contributed by atoms with Crippen LogP contribution in [0.2, 0.25) is 0 Å². The first-order valence-corrected chi connectivity index (χ1v) is 5.67. The van der Waals surface area contributed by atoms with Gasteiger partial charge in [-0.1, -0.05) is 19.1 Å². The molecule has 0 aliphatic heterocycles. The van der Waals surface area contributed by atoms with Crippen LogP contribution in [0, 0.1) is 5.92 Å². The molecule has 0 spiro atoms. The summed E-state index contributed by atoms with van der Waals surface area (Å²) in [6.45, 7) is 2.05.